The number of carbonyl (C=O) groups is 1. The van der Waals surface area contributed by atoms with Crippen LogP contribution in [0.25, 0.3) is 0 Å². The molecule has 0 bridgehead atoms. The lowest BCUT2D eigenvalue weighted by atomic mass is 9.88. The minimum atomic E-state index is 0.242. The molecule has 22 heavy (non-hydrogen) atoms. The molecule has 0 spiro atoms. The molecule has 2 nitrogen and oxygen atoms in total. The maximum Gasteiger partial charge on any atom is 0.255 e. The minimum absolute atomic E-state index is 0.242. The van der Waals surface area contributed by atoms with Gasteiger partial charge in [-0.3, -0.25) is 4.79 Å². The maximum absolute atomic E-state index is 13.3. The Bertz CT molecular complexity index is 486. The van der Waals surface area contributed by atoms with Gasteiger partial charge in [-0.25, -0.2) is 0 Å². The van der Waals surface area contributed by atoms with Gasteiger partial charge >= 0.3 is 0 Å². The molecule has 0 atom stereocenters. The highest BCUT2D eigenvalue weighted by atomic mass is 79.9. The lowest BCUT2D eigenvalue weighted by molar-refractivity contribution is 0.0447. The van der Waals surface area contributed by atoms with E-state index < -0.39 is 0 Å². The molecule has 2 saturated carbocycles. The van der Waals surface area contributed by atoms with E-state index in [9.17, 15) is 4.79 Å². The fourth-order valence-electron chi connectivity index (χ4n) is 4.12. The van der Waals surface area contributed by atoms with Gasteiger partial charge in [-0.2, -0.15) is 0 Å². The van der Waals surface area contributed by atoms with Crippen LogP contribution in [0.2, 0.25) is 0 Å². The van der Waals surface area contributed by atoms with Crippen LogP contribution in [0.3, 0.4) is 0 Å². The van der Waals surface area contributed by atoms with Gasteiger partial charge in [0.15, 0.2) is 0 Å². The van der Waals surface area contributed by atoms with E-state index in [-0.39, 0.29) is 5.91 Å². The van der Waals surface area contributed by atoms with Gasteiger partial charge in [0, 0.05) is 16.6 Å². The van der Waals surface area contributed by atoms with Crippen molar-refractivity contribution in [2.75, 3.05) is 0 Å². The summed E-state index contributed by atoms with van der Waals surface area (Å²) in [6, 6.07) is 8.80. The first kappa shape index (κ1) is 16.0. The summed E-state index contributed by atoms with van der Waals surface area (Å²) in [4.78, 5) is 15.5. The van der Waals surface area contributed by atoms with Crippen molar-refractivity contribution in [3.8, 4) is 0 Å². The molecular formula is C19H26BrNO. The van der Waals surface area contributed by atoms with Crippen LogP contribution in [0.15, 0.2) is 28.7 Å². The van der Waals surface area contributed by atoms with Crippen LogP contribution in [-0.2, 0) is 0 Å². The summed E-state index contributed by atoms with van der Waals surface area (Å²) in [5.41, 5.74) is 0.832. The highest BCUT2D eigenvalue weighted by Gasteiger charge is 2.33. The summed E-state index contributed by atoms with van der Waals surface area (Å²) in [7, 11) is 0. The monoisotopic (exact) mass is 363 g/mol. The first-order chi connectivity index (χ1) is 10.8. The largest absolute Gasteiger partial charge is 0.333 e. The summed E-state index contributed by atoms with van der Waals surface area (Å²) in [6.07, 6.45) is 12.5. The summed E-state index contributed by atoms with van der Waals surface area (Å²) < 4.78 is 0.927. The number of carbonyl (C=O) groups excluding carboxylic acids is 1. The van der Waals surface area contributed by atoms with Crippen LogP contribution >= 0.6 is 15.9 Å². The van der Waals surface area contributed by atoms with Gasteiger partial charge in [0.05, 0.1) is 5.56 Å². The number of benzene rings is 1. The maximum atomic E-state index is 13.3. The molecule has 0 radical (unpaired) electrons. The van der Waals surface area contributed by atoms with Gasteiger partial charge in [0.1, 0.15) is 0 Å². The summed E-state index contributed by atoms with van der Waals surface area (Å²) >= 11 is 3.57. The average molecular weight is 364 g/mol. The van der Waals surface area contributed by atoms with Crippen LogP contribution in [0, 0.1) is 0 Å². The second-order valence-electron chi connectivity index (χ2n) is 6.78. The zero-order valence-corrected chi connectivity index (χ0v) is 14.9. The van der Waals surface area contributed by atoms with Crippen molar-refractivity contribution in [1.29, 1.82) is 0 Å². The first-order valence-corrected chi connectivity index (χ1v) is 9.64. The molecule has 3 heteroatoms. The van der Waals surface area contributed by atoms with Crippen LogP contribution in [0.5, 0.6) is 0 Å². The molecule has 0 heterocycles. The summed E-state index contributed by atoms with van der Waals surface area (Å²) in [5, 5.41) is 0. The molecule has 3 rings (SSSR count). The zero-order chi connectivity index (χ0) is 15.4. The Kier molecular flexibility index (Phi) is 5.56. The quantitative estimate of drug-likeness (QED) is 0.688. The molecule has 0 N–H and O–H groups in total. The predicted octanol–water partition coefficient (Wildman–Crippen LogP) is 5.56. The fourth-order valence-corrected chi connectivity index (χ4v) is 4.58. The lowest BCUT2D eigenvalue weighted by Crippen LogP contribution is -2.48. The van der Waals surface area contributed by atoms with Crippen molar-refractivity contribution in [2.24, 2.45) is 0 Å². The number of halogens is 1. The molecule has 2 fully saturated rings. The van der Waals surface area contributed by atoms with Gasteiger partial charge < -0.3 is 4.90 Å². The van der Waals surface area contributed by atoms with Gasteiger partial charge in [-0.05, 0) is 53.7 Å². The van der Waals surface area contributed by atoms with E-state index in [4.69, 9.17) is 0 Å². The highest BCUT2D eigenvalue weighted by Crippen LogP contribution is 2.32. The fraction of sp³-hybridized carbons (Fsp3) is 0.632. The topological polar surface area (TPSA) is 20.3 Å². The minimum Gasteiger partial charge on any atom is -0.333 e. The van der Waals surface area contributed by atoms with Gasteiger partial charge in [-0.1, -0.05) is 50.7 Å². The van der Waals surface area contributed by atoms with Crippen molar-refractivity contribution in [2.45, 2.75) is 76.3 Å². The third kappa shape index (κ3) is 3.56. The number of nitrogens with zero attached hydrogens (tertiary/aromatic N) is 1. The Morgan fingerprint density at radius 3 is 1.86 bits per heavy atom. The SMILES string of the molecule is O=C(c1ccccc1Br)N(C1CCCCC1)C1CCCCC1. The lowest BCUT2D eigenvalue weighted by Gasteiger charge is -2.42. The van der Waals surface area contributed by atoms with E-state index in [1.165, 1.54) is 64.2 Å². The predicted molar refractivity (Wildman–Crippen MR) is 94.1 cm³/mol. The Hall–Kier alpha value is -0.830. The summed E-state index contributed by atoms with van der Waals surface area (Å²) in [6.45, 7) is 0. The Balaban J connectivity index is 1.86. The van der Waals surface area contributed by atoms with Crippen LogP contribution in [-0.4, -0.2) is 22.9 Å². The molecule has 120 valence electrons. The molecule has 2 aliphatic carbocycles. The Morgan fingerprint density at radius 1 is 0.864 bits per heavy atom. The molecular weight excluding hydrogens is 338 g/mol. The Morgan fingerprint density at radius 2 is 1.36 bits per heavy atom. The van der Waals surface area contributed by atoms with Crippen LogP contribution < -0.4 is 0 Å². The van der Waals surface area contributed by atoms with Crippen molar-refractivity contribution in [3.63, 3.8) is 0 Å². The van der Waals surface area contributed by atoms with Crippen LogP contribution in [0.4, 0.5) is 0 Å². The van der Waals surface area contributed by atoms with Gasteiger partial charge in [-0.15, -0.1) is 0 Å². The number of hydrogen-bond donors (Lipinski definition) is 0. The van der Waals surface area contributed by atoms with E-state index in [1.54, 1.807) is 0 Å². The Labute approximate surface area is 142 Å². The number of amides is 1. The van der Waals surface area contributed by atoms with E-state index in [1.807, 2.05) is 24.3 Å². The number of hydrogen-bond acceptors (Lipinski definition) is 1. The van der Waals surface area contributed by atoms with Gasteiger partial charge in [0.25, 0.3) is 5.91 Å². The molecule has 0 aliphatic heterocycles. The third-order valence-corrected chi connectivity index (χ3v) is 5.97. The second kappa shape index (κ2) is 7.63. The normalized spacial score (nSPS) is 20.8. The molecule has 0 aromatic heterocycles. The van der Waals surface area contributed by atoms with Crippen molar-refractivity contribution >= 4 is 21.8 Å². The van der Waals surface area contributed by atoms with Crippen molar-refractivity contribution in [1.82, 2.24) is 4.90 Å². The third-order valence-electron chi connectivity index (χ3n) is 5.27. The molecule has 1 aromatic rings. The van der Waals surface area contributed by atoms with Crippen LogP contribution in [0.1, 0.15) is 74.6 Å². The molecule has 0 unspecified atom stereocenters. The summed E-state index contributed by atoms with van der Waals surface area (Å²) in [5.74, 6) is 0.242. The van der Waals surface area contributed by atoms with E-state index in [2.05, 4.69) is 20.8 Å². The van der Waals surface area contributed by atoms with E-state index in [0.29, 0.717) is 12.1 Å². The average Bonchev–Trinajstić information content (AvgIpc) is 2.57. The first-order valence-electron chi connectivity index (χ1n) is 8.84. The highest BCUT2D eigenvalue weighted by molar-refractivity contribution is 9.10. The second-order valence-corrected chi connectivity index (χ2v) is 7.63. The van der Waals surface area contributed by atoms with E-state index >= 15 is 0 Å². The number of rotatable bonds is 3. The van der Waals surface area contributed by atoms with E-state index in [0.717, 1.165) is 10.0 Å². The molecule has 1 aromatic carbocycles. The van der Waals surface area contributed by atoms with Gasteiger partial charge in [0.2, 0.25) is 0 Å². The zero-order valence-electron chi connectivity index (χ0n) is 13.3. The molecule has 2 aliphatic rings. The smallest absolute Gasteiger partial charge is 0.255 e. The van der Waals surface area contributed by atoms with Crippen molar-refractivity contribution < 1.29 is 4.79 Å². The van der Waals surface area contributed by atoms with Crippen molar-refractivity contribution in [3.05, 3.63) is 34.3 Å². The molecule has 0 saturated heterocycles. The standard InChI is InChI=1S/C19H26BrNO/c20-18-14-8-7-13-17(18)19(22)21(15-9-3-1-4-10-15)16-11-5-2-6-12-16/h7-8,13-16H,1-6,9-12H2. The molecule has 1 amide bonds.